The van der Waals surface area contributed by atoms with Crippen LogP contribution in [0.2, 0.25) is 0 Å². The summed E-state index contributed by atoms with van der Waals surface area (Å²) in [5.74, 6) is -0.327. The second-order valence-electron chi connectivity index (χ2n) is 3.77. The van der Waals surface area contributed by atoms with Crippen molar-refractivity contribution in [3.05, 3.63) is 0 Å². The van der Waals surface area contributed by atoms with Gasteiger partial charge in [0.05, 0.1) is 18.3 Å². The Morgan fingerprint density at radius 2 is 2.27 bits per heavy atom. The summed E-state index contributed by atoms with van der Waals surface area (Å²) in [6.45, 7) is 3.35. The molecule has 88 valence electrons. The Kier molecular flexibility index (Phi) is 4.50. The van der Waals surface area contributed by atoms with E-state index in [4.69, 9.17) is 14.2 Å². The molecular weight excluding hydrogens is 200 g/mol. The molecule has 0 radical (unpaired) electrons. The zero-order chi connectivity index (χ0) is 11.4. The Labute approximate surface area is 89.3 Å². The first kappa shape index (κ1) is 12.4. The van der Waals surface area contributed by atoms with Crippen LogP contribution in [0.15, 0.2) is 0 Å². The number of rotatable bonds is 3. The van der Waals surface area contributed by atoms with Crippen LogP contribution in [0.25, 0.3) is 0 Å². The highest BCUT2D eigenvalue weighted by Crippen LogP contribution is 2.22. The minimum absolute atomic E-state index is 0.197. The molecule has 15 heavy (non-hydrogen) atoms. The van der Waals surface area contributed by atoms with E-state index in [1.165, 1.54) is 6.92 Å². The third-order valence-corrected chi connectivity index (χ3v) is 2.54. The molecule has 1 aliphatic rings. The van der Waals surface area contributed by atoms with E-state index in [2.05, 4.69) is 0 Å². The lowest BCUT2D eigenvalue weighted by molar-refractivity contribution is -0.185. The van der Waals surface area contributed by atoms with Crippen LogP contribution in [-0.2, 0) is 19.0 Å². The Morgan fingerprint density at radius 3 is 2.80 bits per heavy atom. The first-order valence-electron chi connectivity index (χ1n) is 5.04. The number of carbonyl (C=O) groups excluding carboxylic acids is 1. The molecule has 0 spiro atoms. The maximum absolute atomic E-state index is 10.6. The van der Waals surface area contributed by atoms with Gasteiger partial charge in [0.1, 0.15) is 12.7 Å². The average Bonchev–Trinajstić information content (AvgIpc) is 2.19. The number of esters is 1. The van der Waals surface area contributed by atoms with Gasteiger partial charge in [0.25, 0.3) is 0 Å². The largest absolute Gasteiger partial charge is 0.463 e. The van der Waals surface area contributed by atoms with Crippen molar-refractivity contribution in [2.45, 2.75) is 44.7 Å². The van der Waals surface area contributed by atoms with Gasteiger partial charge in [-0.05, 0) is 6.92 Å². The third-order valence-electron chi connectivity index (χ3n) is 2.54. The van der Waals surface area contributed by atoms with E-state index in [1.807, 2.05) is 0 Å². The summed E-state index contributed by atoms with van der Waals surface area (Å²) in [4.78, 5) is 10.6. The maximum Gasteiger partial charge on any atom is 0.302 e. The van der Waals surface area contributed by atoms with Gasteiger partial charge < -0.3 is 19.3 Å². The van der Waals surface area contributed by atoms with E-state index >= 15 is 0 Å². The lowest BCUT2D eigenvalue weighted by Gasteiger charge is -2.36. The van der Waals surface area contributed by atoms with Crippen molar-refractivity contribution in [1.82, 2.24) is 0 Å². The van der Waals surface area contributed by atoms with Crippen LogP contribution in [0.5, 0.6) is 0 Å². The van der Waals surface area contributed by atoms with Crippen molar-refractivity contribution in [3.63, 3.8) is 0 Å². The van der Waals surface area contributed by atoms with E-state index in [0.717, 1.165) is 0 Å². The fourth-order valence-corrected chi connectivity index (χ4v) is 1.69. The smallest absolute Gasteiger partial charge is 0.302 e. The Bertz CT molecular complexity index is 218. The SMILES string of the molecule is COC1CC(COC(C)=O)OC(C)C1O. The molecule has 1 saturated heterocycles. The van der Waals surface area contributed by atoms with Gasteiger partial charge in [0.15, 0.2) is 0 Å². The van der Waals surface area contributed by atoms with Crippen molar-refractivity contribution in [2.75, 3.05) is 13.7 Å². The molecule has 0 bridgehead atoms. The first-order valence-corrected chi connectivity index (χ1v) is 5.04. The fourth-order valence-electron chi connectivity index (χ4n) is 1.69. The molecular formula is C10H18O5. The molecule has 1 fully saturated rings. The fraction of sp³-hybridized carbons (Fsp3) is 0.900. The first-order chi connectivity index (χ1) is 7.04. The molecule has 0 saturated carbocycles. The molecule has 4 atom stereocenters. The zero-order valence-electron chi connectivity index (χ0n) is 9.30. The minimum atomic E-state index is -0.622. The summed E-state index contributed by atoms with van der Waals surface area (Å²) < 4.78 is 15.5. The van der Waals surface area contributed by atoms with Crippen LogP contribution in [0.1, 0.15) is 20.3 Å². The number of methoxy groups -OCH3 is 1. The standard InChI is InChI=1S/C10H18O5/c1-6-10(12)9(13-3)4-8(15-6)5-14-7(2)11/h6,8-10,12H,4-5H2,1-3H3. The molecule has 5 heteroatoms. The number of hydrogen-bond donors (Lipinski definition) is 1. The summed E-state index contributed by atoms with van der Waals surface area (Å²) in [7, 11) is 1.55. The molecule has 0 amide bonds. The van der Waals surface area contributed by atoms with Crippen LogP contribution < -0.4 is 0 Å². The van der Waals surface area contributed by atoms with Crippen LogP contribution in [0.3, 0.4) is 0 Å². The average molecular weight is 218 g/mol. The second-order valence-corrected chi connectivity index (χ2v) is 3.77. The van der Waals surface area contributed by atoms with Gasteiger partial charge in [-0.15, -0.1) is 0 Å². The lowest BCUT2D eigenvalue weighted by atomic mass is 9.99. The van der Waals surface area contributed by atoms with E-state index in [-0.39, 0.29) is 30.9 Å². The normalized spacial score (nSPS) is 36.3. The number of aliphatic hydroxyl groups is 1. The van der Waals surface area contributed by atoms with Crippen LogP contribution >= 0.6 is 0 Å². The Hall–Kier alpha value is -0.650. The van der Waals surface area contributed by atoms with Gasteiger partial charge in [-0.25, -0.2) is 0 Å². The molecule has 5 nitrogen and oxygen atoms in total. The highest BCUT2D eigenvalue weighted by molar-refractivity contribution is 5.65. The predicted octanol–water partition coefficient (Wildman–Crippen LogP) is 0.103. The third kappa shape index (κ3) is 3.44. The topological polar surface area (TPSA) is 65.0 Å². The molecule has 0 aliphatic carbocycles. The van der Waals surface area contributed by atoms with E-state index < -0.39 is 6.10 Å². The molecule has 4 unspecified atom stereocenters. The minimum Gasteiger partial charge on any atom is -0.463 e. The van der Waals surface area contributed by atoms with Crippen molar-refractivity contribution >= 4 is 5.97 Å². The summed E-state index contributed by atoms with van der Waals surface area (Å²) in [5, 5.41) is 9.67. The summed E-state index contributed by atoms with van der Waals surface area (Å²) in [6, 6.07) is 0. The van der Waals surface area contributed by atoms with E-state index in [1.54, 1.807) is 14.0 Å². The van der Waals surface area contributed by atoms with E-state index in [0.29, 0.717) is 6.42 Å². The quantitative estimate of drug-likeness (QED) is 0.681. The van der Waals surface area contributed by atoms with Gasteiger partial charge in [0, 0.05) is 20.5 Å². The van der Waals surface area contributed by atoms with Crippen molar-refractivity contribution < 1.29 is 24.1 Å². The van der Waals surface area contributed by atoms with Crippen molar-refractivity contribution in [1.29, 1.82) is 0 Å². The number of carbonyl (C=O) groups is 1. The molecule has 1 rings (SSSR count). The van der Waals surface area contributed by atoms with Gasteiger partial charge in [-0.2, -0.15) is 0 Å². The number of aliphatic hydroxyl groups excluding tert-OH is 1. The second kappa shape index (κ2) is 5.44. The predicted molar refractivity (Wildman–Crippen MR) is 52.4 cm³/mol. The van der Waals surface area contributed by atoms with Crippen molar-refractivity contribution in [2.24, 2.45) is 0 Å². The van der Waals surface area contributed by atoms with E-state index in [9.17, 15) is 9.90 Å². The van der Waals surface area contributed by atoms with Crippen molar-refractivity contribution in [3.8, 4) is 0 Å². The van der Waals surface area contributed by atoms with Crippen LogP contribution in [0.4, 0.5) is 0 Å². The highest BCUT2D eigenvalue weighted by Gasteiger charge is 2.35. The summed E-state index contributed by atoms with van der Waals surface area (Å²) in [6.07, 6.45) is -0.839. The van der Waals surface area contributed by atoms with Gasteiger partial charge in [-0.3, -0.25) is 4.79 Å². The monoisotopic (exact) mass is 218 g/mol. The molecule has 1 heterocycles. The molecule has 0 aromatic rings. The Balaban J connectivity index is 2.44. The van der Waals surface area contributed by atoms with Gasteiger partial charge in [-0.1, -0.05) is 0 Å². The number of hydrogen-bond acceptors (Lipinski definition) is 5. The van der Waals surface area contributed by atoms with Crippen LogP contribution in [-0.4, -0.2) is 49.2 Å². The Morgan fingerprint density at radius 1 is 1.60 bits per heavy atom. The highest BCUT2D eigenvalue weighted by atomic mass is 16.6. The zero-order valence-corrected chi connectivity index (χ0v) is 9.30. The molecule has 1 aliphatic heterocycles. The molecule has 0 aromatic heterocycles. The lowest BCUT2D eigenvalue weighted by Crippen LogP contribution is -2.49. The summed E-state index contributed by atoms with van der Waals surface area (Å²) in [5.41, 5.74) is 0. The van der Waals surface area contributed by atoms with Crippen LogP contribution in [0, 0.1) is 0 Å². The molecule has 0 aromatic carbocycles. The number of ether oxygens (including phenoxy) is 3. The maximum atomic E-state index is 10.6. The summed E-state index contributed by atoms with van der Waals surface area (Å²) >= 11 is 0. The van der Waals surface area contributed by atoms with Gasteiger partial charge in [0.2, 0.25) is 0 Å². The molecule has 1 N–H and O–H groups in total. The van der Waals surface area contributed by atoms with Gasteiger partial charge >= 0.3 is 5.97 Å².